The first-order valence-corrected chi connectivity index (χ1v) is 5.09. The van der Waals surface area contributed by atoms with Crippen LogP contribution in [0.5, 0.6) is 0 Å². The maximum absolute atomic E-state index is 12.4. The summed E-state index contributed by atoms with van der Waals surface area (Å²) in [5.74, 6) is 0. The third kappa shape index (κ3) is 1.44. The minimum absolute atomic E-state index is 0.0616. The van der Waals surface area contributed by atoms with Gasteiger partial charge in [0.05, 0.1) is 5.02 Å². The molecule has 1 aromatic heterocycles. The summed E-state index contributed by atoms with van der Waals surface area (Å²) in [6.45, 7) is 0. The Bertz CT molecular complexity index is 481. The number of rotatable bonds is 1. The number of fused-ring (bicyclic) bond motifs is 1. The fourth-order valence-corrected chi connectivity index (χ4v) is 2.61. The lowest BCUT2D eigenvalue weighted by Gasteiger charge is -2.02. The smallest absolute Gasteiger partial charge is 0.263 e. The monoisotopic (exact) mass is 233 g/mol. The minimum atomic E-state index is -2.50. The van der Waals surface area contributed by atoms with Crippen molar-refractivity contribution in [3.8, 4) is 0 Å². The number of hydrogen-bond acceptors (Lipinski definition) is 2. The topological polar surface area (TPSA) is 26.0 Å². The van der Waals surface area contributed by atoms with E-state index in [9.17, 15) is 8.78 Å². The van der Waals surface area contributed by atoms with Gasteiger partial charge in [-0.2, -0.15) is 0 Å². The third-order valence-electron chi connectivity index (χ3n) is 1.94. The number of anilines is 1. The maximum atomic E-state index is 12.4. The Morgan fingerprint density at radius 1 is 1.36 bits per heavy atom. The second-order valence-corrected chi connectivity index (χ2v) is 4.19. The Hall–Kier alpha value is -0.870. The van der Waals surface area contributed by atoms with Gasteiger partial charge in [0.25, 0.3) is 6.43 Å². The highest BCUT2D eigenvalue weighted by Crippen LogP contribution is 2.37. The molecule has 1 aromatic carbocycles. The quantitative estimate of drug-likeness (QED) is 0.738. The number of nitrogens with two attached hydrogens (primary N) is 1. The summed E-state index contributed by atoms with van der Waals surface area (Å²) >= 11 is 7.17. The lowest BCUT2D eigenvalue weighted by molar-refractivity contribution is 0.151. The SMILES string of the molecule is Nc1cc(C(F)F)cc2scc(Cl)c12. The van der Waals surface area contributed by atoms with Crippen LogP contribution in [0.1, 0.15) is 12.0 Å². The number of thiophene rings is 1. The zero-order valence-electron chi connectivity index (χ0n) is 6.93. The van der Waals surface area contributed by atoms with E-state index in [1.54, 1.807) is 5.38 Å². The summed E-state index contributed by atoms with van der Waals surface area (Å²) < 4.78 is 25.5. The molecule has 2 rings (SSSR count). The Labute approximate surface area is 88.1 Å². The molecule has 0 amide bonds. The minimum Gasteiger partial charge on any atom is -0.398 e. The van der Waals surface area contributed by atoms with E-state index in [1.165, 1.54) is 23.5 Å². The Morgan fingerprint density at radius 2 is 2.07 bits per heavy atom. The molecule has 0 aliphatic carbocycles. The third-order valence-corrected chi connectivity index (χ3v) is 3.29. The number of benzene rings is 1. The van der Waals surface area contributed by atoms with Crippen molar-refractivity contribution in [3.63, 3.8) is 0 Å². The van der Waals surface area contributed by atoms with Crippen LogP contribution in [-0.4, -0.2) is 0 Å². The van der Waals surface area contributed by atoms with Crippen molar-refractivity contribution in [2.24, 2.45) is 0 Å². The van der Waals surface area contributed by atoms with Crippen molar-refractivity contribution in [1.29, 1.82) is 0 Å². The van der Waals surface area contributed by atoms with E-state index in [4.69, 9.17) is 17.3 Å². The van der Waals surface area contributed by atoms with Crippen molar-refractivity contribution in [3.05, 3.63) is 28.1 Å². The predicted octanol–water partition coefficient (Wildman–Crippen LogP) is 4.07. The van der Waals surface area contributed by atoms with Crippen LogP contribution in [0.25, 0.3) is 10.1 Å². The summed E-state index contributed by atoms with van der Waals surface area (Å²) in [5.41, 5.74) is 5.88. The molecule has 2 N–H and O–H groups in total. The summed E-state index contributed by atoms with van der Waals surface area (Å²) in [5, 5.41) is 2.88. The second kappa shape index (κ2) is 3.37. The fourth-order valence-electron chi connectivity index (χ4n) is 1.31. The first-order chi connectivity index (χ1) is 6.59. The average Bonchev–Trinajstić information content (AvgIpc) is 2.48. The summed E-state index contributed by atoms with van der Waals surface area (Å²) in [4.78, 5) is 0. The summed E-state index contributed by atoms with van der Waals surface area (Å²) in [7, 11) is 0. The number of alkyl halides is 2. The molecule has 0 radical (unpaired) electrons. The molecule has 0 bridgehead atoms. The molecule has 0 atom stereocenters. The van der Waals surface area contributed by atoms with E-state index in [2.05, 4.69) is 0 Å². The zero-order chi connectivity index (χ0) is 10.3. The highest BCUT2D eigenvalue weighted by Gasteiger charge is 2.12. The highest BCUT2D eigenvalue weighted by atomic mass is 35.5. The molecule has 5 heteroatoms. The number of hydrogen-bond donors (Lipinski definition) is 1. The van der Waals surface area contributed by atoms with Crippen LogP contribution in [-0.2, 0) is 0 Å². The molecular weight excluding hydrogens is 228 g/mol. The standard InChI is InChI=1S/C9H6ClF2NS/c10-5-3-14-7-2-4(9(11)12)1-6(13)8(5)7/h1-3,9H,13H2. The van der Waals surface area contributed by atoms with Gasteiger partial charge in [-0.1, -0.05) is 11.6 Å². The van der Waals surface area contributed by atoms with E-state index < -0.39 is 6.43 Å². The molecule has 1 nitrogen and oxygen atoms in total. The van der Waals surface area contributed by atoms with Crippen LogP contribution in [0.2, 0.25) is 5.02 Å². The van der Waals surface area contributed by atoms with Crippen molar-refractivity contribution >= 4 is 38.7 Å². The molecule has 1 heterocycles. The first kappa shape index (κ1) is 9.68. The van der Waals surface area contributed by atoms with Crippen LogP contribution in [0.15, 0.2) is 17.5 Å². The molecule has 0 unspecified atom stereocenters. The van der Waals surface area contributed by atoms with Crippen molar-refractivity contribution < 1.29 is 8.78 Å². The van der Waals surface area contributed by atoms with Crippen LogP contribution < -0.4 is 5.73 Å². The first-order valence-electron chi connectivity index (χ1n) is 3.84. The van der Waals surface area contributed by atoms with E-state index >= 15 is 0 Å². The largest absolute Gasteiger partial charge is 0.398 e. The van der Waals surface area contributed by atoms with Gasteiger partial charge in [-0.05, 0) is 12.1 Å². The molecule has 0 spiro atoms. The molecule has 74 valence electrons. The number of nitrogen functional groups attached to an aromatic ring is 1. The van der Waals surface area contributed by atoms with E-state index in [1.807, 2.05) is 0 Å². The normalized spacial score (nSPS) is 11.4. The molecule has 0 saturated carbocycles. The molecule has 2 aromatic rings. The molecule has 0 fully saturated rings. The van der Waals surface area contributed by atoms with Crippen molar-refractivity contribution in [1.82, 2.24) is 0 Å². The van der Waals surface area contributed by atoms with Crippen molar-refractivity contribution in [2.75, 3.05) is 5.73 Å². The van der Waals surface area contributed by atoms with Gasteiger partial charge < -0.3 is 5.73 Å². The Balaban J connectivity index is 2.74. The Kier molecular flexibility index (Phi) is 2.33. The second-order valence-electron chi connectivity index (χ2n) is 2.87. The van der Waals surface area contributed by atoms with E-state index in [-0.39, 0.29) is 5.56 Å². The average molecular weight is 234 g/mol. The van der Waals surface area contributed by atoms with E-state index in [0.717, 1.165) is 0 Å². The van der Waals surface area contributed by atoms with Gasteiger partial charge in [-0.3, -0.25) is 0 Å². The maximum Gasteiger partial charge on any atom is 0.263 e. The van der Waals surface area contributed by atoms with Crippen molar-refractivity contribution in [2.45, 2.75) is 6.43 Å². The van der Waals surface area contributed by atoms with Gasteiger partial charge in [-0.15, -0.1) is 11.3 Å². The molecule has 0 saturated heterocycles. The fraction of sp³-hybridized carbons (Fsp3) is 0.111. The molecule has 14 heavy (non-hydrogen) atoms. The van der Waals surface area contributed by atoms with E-state index in [0.29, 0.717) is 20.8 Å². The van der Waals surface area contributed by atoms with Gasteiger partial charge in [0, 0.05) is 26.7 Å². The van der Waals surface area contributed by atoms with Gasteiger partial charge >= 0.3 is 0 Å². The number of halogens is 3. The predicted molar refractivity (Wildman–Crippen MR) is 56.2 cm³/mol. The Morgan fingerprint density at radius 3 is 2.71 bits per heavy atom. The molecular formula is C9H6ClF2NS. The molecule has 0 aliphatic rings. The van der Waals surface area contributed by atoms with Gasteiger partial charge in [0.15, 0.2) is 0 Å². The van der Waals surface area contributed by atoms with Gasteiger partial charge in [-0.25, -0.2) is 8.78 Å². The molecule has 0 aliphatic heterocycles. The van der Waals surface area contributed by atoms with Crippen LogP contribution >= 0.6 is 22.9 Å². The van der Waals surface area contributed by atoms with Gasteiger partial charge in [0.1, 0.15) is 0 Å². The summed E-state index contributed by atoms with van der Waals surface area (Å²) in [6, 6.07) is 2.69. The van der Waals surface area contributed by atoms with Gasteiger partial charge in [0.2, 0.25) is 0 Å². The van der Waals surface area contributed by atoms with Crippen LogP contribution in [0.4, 0.5) is 14.5 Å². The lowest BCUT2D eigenvalue weighted by atomic mass is 10.1. The lowest BCUT2D eigenvalue weighted by Crippen LogP contribution is -1.90. The van der Waals surface area contributed by atoms with Crippen LogP contribution in [0, 0.1) is 0 Å². The van der Waals surface area contributed by atoms with Crippen LogP contribution in [0.3, 0.4) is 0 Å². The zero-order valence-corrected chi connectivity index (χ0v) is 8.50. The summed E-state index contributed by atoms with van der Waals surface area (Å²) in [6.07, 6.45) is -2.50. The highest BCUT2D eigenvalue weighted by molar-refractivity contribution is 7.18.